The number of rotatable bonds is 2. The summed E-state index contributed by atoms with van der Waals surface area (Å²) in [6.45, 7) is 0. The summed E-state index contributed by atoms with van der Waals surface area (Å²) in [5.41, 5.74) is -0.120. The molecule has 0 fully saturated rings. The minimum atomic E-state index is -2.90. The van der Waals surface area contributed by atoms with E-state index in [4.69, 9.17) is 10.2 Å². The van der Waals surface area contributed by atoms with E-state index >= 15 is 0 Å². The average molecular weight is 174 g/mol. The third-order valence-corrected chi connectivity index (χ3v) is 1.46. The number of hydrogen-bond donors (Lipinski definition) is 2. The zero-order valence-electron chi connectivity index (χ0n) is 7.10. The molecule has 0 unspecified atom stereocenters. The van der Waals surface area contributed by atoms with E-state index in [1.807, 2.05) is 0 Å². The van der Waals surface area contributed by atoms with Crippen molar-refractivity contribution in [3.63, 3.8) is 0 Å². The van der Waals surface area contributed by atoms with Crippen LogP contribution in [-0.4, -0.2) is 16.2 Å². The summed E-state index contributed by atoms with van der Waals surface area (Å²) in [5.74, 6) is -4.84. The summed E-state index contributed by atoms with van der Waals surface area (Å²) in [6, 6.07) is 7.21. The Labute approximate surface area is 87.0 Å². The molecule has 1 rings (SSSR count). The number of aliphatic hydroxyl groups is 2. The van der Waals surface area contributed by atoms with Crippen molar-refractivity contribution in [2.75, 3.05) is 0 Å². The number of carboxylic acids is 1. The molecule has 0 aliphatic rings. The first-order chi connectivity index (χ1) is 5.55. The molecule has 1 aromatic rings. The number of carbonyl (C=O) groups is 1. The first-order valence-corrected chi connectivity index (χ1v) is 3.27. The first kappa shape index (κ1) is 12.2. The van der Waals surface area contributed by atoms with Crippen molar-refractivity contribution < 1.29 is 39.0 Å². The van der Waals surface area contributed by atoms with Crippen LogP contribution >= 0.6 is 0 Å². The van der Waals surface area contributed by atoms with Gasteiger partial charge in [0.2, 0.25) is 5.79 Å². The Morgan fingerprint density at radius 3 is 2.08 bits per heavy atom. The van der Waals surface area contributed by atoms with Crippen LogP contribution in [-0.2, 0) is 10.6 Å². The fourth-order valence-corrected chi connectivity index (χ4v) is 0.788. The van der Waals surface area contributed by atoms with E-state index in [2.05, 4.69) is 0 Å². The van der Waals surface area contributed by atoms with Gasteiger partial charge in [-0.3, -0.25) is 0 Å². The van der Waals surface area contributed by atoms with Gasteiger partial charge in [-0.2, -0.15) is 0 Å². The van der Waals surface area contributed by atoms with E-state index in [-0.39, 0.29) is 24.4 Å². The van der Waals surface area contributed by atoms with E-state index in [1.165, 1.54) is 24.3 Å². The van der Waals surface area contributed by atoms with E-state index < -0.39 is 11.8 Å². The van der Waals surface area contributed by atoms with Crippen LogP contribution in [0.3, 0.4) is 0 Å². The number of carboxylic acid groups (broad SMARTS) is 1. The van der Waals surface area contributed by atoms with Crippen molar-refractivity contribution in [1.29, 1.82) is 0 Å². The summed E-state index contributed by atoms with van der Waals surface area (Å²) in [7, 11) is 0. The standard InChI is InChI=1S/C8H8O4.Li/c9-7(10)8(11,12)6-4-2-1-3-5-6;/h1-5,11-12H,(H,9,10);/q;+1/p-1. The van der Waals surface area contributed by atoms with Crippen LogP contribution in [0.4, 0.5) is 0 Å². The minimum Gasteiger partial charge on any atom is -0.544 e. The molecule has 0 heterocycles. The fraction of sp³-hybridized carbons (Fsp3) is 0.125. The molecule has 64 valence electrons. The second-order valence-corrected chi connectivity index (χ2v) is 2.33. The maximum atomic E-state index is 10.2. The Morgan fingerprint density at radius 1 is 1.23 bits per heavy atom. The van der Waals surface area contributed by atoms with Crippen molar-refractivity contribution in [3.8, 4) is 0 Å². The summed E-state index contributed by atoms with van der Waals surface area (Å²) >= 11 is 0. The molecule has 0 aliphatic heterocycles. The van der Waals surface area contributed by atoms with Crippen LogP contribution in [0, 0.1) is 0 Å². The van der Waals surface area contributed by atoms with Gasteiger partial charge in [0.1, 0.15) is 5.97 Å². The van der Waals surface area contributed by atoms with Gasteiger partial charge in [-0.25, -0.2) is 0 Å². The summed E-state index contributed by atoms with van der Waals surface area (Å²) in [5, 5.41) is 28.1. The van der Waals surface area contributed by atoms with E-state index in [0.717, 1.165) is 0 Å². The van der Waals surface area contributed by atoms with Gasteiger partial charge in [-0.05, 0) is 0 Å². The second-order valence-electron chi connectivity index (χ2n) is 2.33. The summed E-state index contributed by atoms with van der Waals surface area (Å²) in [4.78, 5) is 10.2. The quantitative estimate of drug-likeness (QED) is 0.350. The van der Waals surface area contributed by atoms with Crippen molar-refractivity contribution in [1.82, 2.24) is 0 Å². The zero-order valence-corrected chi connectivity index (χ0v) is 7.10. The van der Waals surface area contributed by atoms with Gasteiger partial charge >= 0.3 is 18.9 Å². The molecule has 1 aromatic carbocycles. The molecule has 0 aromatic heterocycles. The molecule has 0 saturated carbocycles. The molecule has 5 heteroatoms. The molecular formula is C8H7LiO4. The normalized spacial score (nSPS) is 10.3. The first-order valence-electron chi connectivity index (χ1n) is 3.27. The average Bonchev–Trinajstić information content (AvgIpc) is 2.06. The topological polar surface area (TPSA) is 80.6 Å². The maximum absolute atomic E-state index is 10.2. The molecule has 13 heavy (non-hydrogen) atoms. The fourth-order valence-electron chi connectivity index (χ4n) is 0.788. The molecule has 4 nitrogen and oxygen atoms in total. The SMILES string of the molecule is O=C([O-])C(O)(O)c1ccccc1.[Li+]. The Morgan fingerprint density at radius 2 is 1.69 bits per heavy atom. The minimum absolute atomic E-state index is 0. The van der Waals surface area contributed by atoms with Gasteiger partial charge in [-0.1, -0.05) is 30.3 Å². The third kappa shape index (κ3) is 2.58. The van der Waals surface area contributed by atoms with Gasteiger partial charge in [0.25, 0.3) is 0 Å². The third-order valence-electron chi connectivity index (χ3n) is 1.46. The van der Waals surface area contributed by atoms with Crippen LogP contribution in [0.15, 0.2) is 30.3 Å². The molecule has 0 saturated heterocycles. The Bertz CT molecular complexity index is 283. The number of aliphatic carboxylic acids is 1. The molecule has 0 aliphatic carbocycles. The molecule has 0 spiro atoms. The number of benzene rings is 1. The van der Waals surface area contributed by atoms with Crippen LogP contribution in [0.2, 0.25) is 0 Å². The van der Waals surface area contributed by atoms with Crippen molar-refractivity contribution in [2.45, 2.75) is 5.79 Å². The molecule has 0 atom stereocenters. The van der Waals surface area contributed by atoms with Crippen LogP contribution < -0.4 is 24.0 Å². The van der Waals surface area contributed by atoms with Crippen molar-refractivity contribution >= 4 is 5.97 Å². The van der Waals surface area contributed by atoms with E-state index in [1.54, 1.807) is 6.07 Å². The zero-order chi connectivity index (χ0) is 9.19. The van der Waals surface area contributed by atoms with Crippen molar-refractivity contribution in [3.05, 3.63) is 35.9 Å². The number of carbonyl (C=O) groups excluding carboxylic acids is 1. The van der Waals surface area contributed by atoms with Crippen LogP contribution in [0.1, 0.15) is 5.56 Å². The van der Waals surface area contributed by atoms with E-state index in [9.17, 15) is 9.90 Å². The molecular weight excluding hydrogens is 167 g/mol. The smallest absolute Gasteiger partial charge is 0.544 e. The van der Waals surface area contributed by atoms with Gasteiger partial charge in [0.05, 0.1) is 0 Å². The molecule has 2 N–H and O–H groups in total. The molecule has 0 radical (unpaired) electrons. The molecule has 0 bridgehead atoms. The monoisotopic (exact) mass is 174 g/mol. The largest absolute Gasteiger partial charge is 1.00 e. The number of hydrogen-bond acceptors (Lipinski definition) is 4. The summed E-state index contributed by atoms with van der Waals surface area (Å²) in [6.07, 6.45) is 0. The molecule has 0 amide bonds. The predicted molar refractivity (Wildman–Crippen MR) is 37.6 cm³/mol. The summed E-state index contributed by atoms with van der Waals surface area (Å²) < 4.78 is 0. The van der Waals surface area contributed by atoms with E-state index in [0.29, 0.717) is 0 Å². The van der Waals surface area contributed by atoms with Gasteiger partial charge in [0.15, 0.2) is 0 Å². The maximum Gasteiger partial charge on any atom is 1.00 e. The predicted octanol–water partition coefficient (Wildman–Crippen LogP) is -4.42. The Hall–Kier alpha value is -0.793. The Balaban J connectivity index is 0.00000144. The van der Waals surface area contributed by atoms with Crippen molar-refractivity contribution in [2.24, 2.45) is 0 Å². The van der Waals surface area contributed by atoms with Crippen LogP contribution in [0.5, 0.6) is 0 Å². The van der Waals surface area contributed by atoms with Gasteiger partial charge < -0.3 is 20.1 Å². The van der Waals surface area contributed by atoms with Crippen LogP contribution in [0.25, 0.3) is 0 Å². The van der Waals surface area contributed by atoms with Gasteiger partial charge in [0, 0.05) is 5.56 Å². The van der Waals surface area contributed by atoms with Gasteiger partial charge in [-0.15, -0.1) is 0 Å². The Kier molecular flexibility index (Phi) is 4.17. The second kappa shape index (κ2) is 4.45.